The van der Waals surface area contributed by atoms with Gasteiger partial charge >= 0.3 is 0 Å². The summed E-state index contributed by atoms with van der Waals surface area (Å²) in [7, 11) is 1.59. The quantitative estimate of drug-likeness (QED) is 0.453. The molecule has 1 heterocycles. The number of rotatable bonds is 5. The van der Waals surface area contributed by atoms with Crippen molar-refractivity contribution in [2.75, 3.05) is 12.4 Å². The number of benzene rings is 3. The zero-order valence-electron chi connectivity index (χ0n) is 18.8. The third-order valence-corrected chi connectivity index (χ3v) is 5.92. The second-order valence-corrected chi connectivity index (χ2v) is 8.11. The highest BCUT2D eigenvalue weighted by Crippen LogP contribution is 2.37. The van der Waals surface area contributed by atoms with Crippen LogP contribution in [-0.4, -0.2) is 28.6 Å². The molecular weight excluding hydrogens is 424 g/mol. The van der Waals surface area contributed by atoms with E-state index in [0.29, 0.717) is 16.9 Å². The highest BCUT2D eigenvalue weighted by atomic mass is 16.2. The van der Waals surface area contributed by atoms with Crippen LogP contribution in [0.2, 0.25) is 0 Å². The zero-order chi connectivity index (χ0) is 23.5. The topological polar surface area (TPSA) is 76.0 Å². The van der Waals surface area contributed by atoms with E-state index in [1.807, 2.05) is 53.2 Å². The molecule has 4 aromatic rings. The first-order valence-corrected chi connectivity index (χ1v) is 11.2. The number of carbonyl (C=O) groups excluding carboxylic acids is 2. The Hall–Kier alpha value is -4.45. The lowest BCUT2D eigenvalue weighted by Crippen LogP contribution is -2.18. The first-order chi connectivity index (χ1) is 16.6. The lowest BCUT2D eigenvalue weighted by molar-refractivity contribution is 0.0962. The predicted octanol–water partition coefficient (Wildman–Crippen LogP) is 4.97. The number of aromatic nitrogens is 2. The summed E-state index contributed by atoms with van der Waals surface area (Å²) < 4.78 is 1.88. The normalized spacial score (nSPS) is 13.5. The predicted molar refractivity (Wildman–Crippen MR) is 134 cm³/mol. The molecule has 5 rings (SSSR count). The van der Waals surface area contributed by atoms with Crippen LogP contribution in [0.5, 0.6) is 0 Å². The minimum atomic E-state index is -0.264. The Morgan fingerprint density at radius 1 is 0.853 bits per heavy atom. The fraction of sp³-hybridized carbons (Fsp3) is 0.107. The zero-order valence-corrected chi connectivity index (χ0v) is 18.8. The van der Waals surface area contributed by atoms with Crippen molar-refractivity contribution < 1.29 is 9.59 Å². The number of hydrogen-bond donors (Lipinski definition) is 2. The molecule has 6 nitrogen and oxygen atoms in total. The minimum absolute atomic E-state index is 0.171. The number of carbonyl (C=O) groups is 2. The number of nitrogens with zero attached hydrogens (tertiary/aromatic N) is 2. The van der Waals surface area contributed by atoms with Crippen LogP contribution < -0.4 is 10.6 Å². The lowest BCUT2D eigenvalue weighted by atomic mass is 10.1. The summed E-state index contributed by atoms with van der Waals surface area (Å²) in [6, 6.07) is 26.9. The van der Waals surface area contributed by atoms with Gasteiger partial charge in [0.1, 0.15) is 0 Å². The number of hydrogen-bond acceptors (Lipinski definition) is 3. The summed E-state index contributed by atoms with van der Waals surface area (Å²) in [5.74, 6) is -0.436. The maximum atomic E-state index is 13.3. The second kappa shape index (κ2) is 9.19. The van der Waals surface area contributed by atoms with Gasteiger partial charge in [-0.1, -0.05) is 48.5 Å². The van der Waals surface area contributed by atoms with Crippen molar-refractivity contribution in [3.8, 4) is 5.69 Å². The van der Waals surface area contributed by atoms with Gasteiger partial charge in [0.25, 0.3) is 11.8 Å². The minimum Gasteiger partial charge on any atom is -0.355 e. The maximum absolute atomic E-state index is 13.3. The van der Waals surface area contributed by atoms with E-state index < -0.39 is 0 Å². The van der Waals surface area contributed by atoms with Crippen LogP contribution in [0.1, 0.15) is 44.1 Å². The molecule has 0 fully saturated rings. The smallest absolute Gasteiger partial charge is 0.276 e. The van der Waals surface area contributed by atoms with Gasteiger partial charge in [0, 0.05) is 23.9 Å². The first kappa shape index (κ1) is 21.4. The molecule has 0 bridgehead atoms. The highest BCUT2D eigenvalue weighted by molar-refractivity contribution is 6.06. The molecule has 3 aromatic carbocycles. The molecule has 34 heavy (non-hydrogen) atoms. The van der Waals surface area contributed by atoms with Gasteiger partial charge in [0.05, 0.1) is 11.4 Å². The molecule has 6 heteroatoms. The number of anilines is 1. The van der Waals surface area contributed by atoms with E-state index >= 15 is 0 Å². The van der Waals surface area contributed by atoms with Crippen LogP contribution in [-0.2, 0) is 6.42 Å². The van der Waals surface area contributed by atoms with Crippen LogP contribution >= 0.6 is 0 Å². The molecule has 2 amide bonds. The third kappa shape index (κ3) is 4.13. The Morgan fingerprint density at radius 2 is 1.53 bits per heavy atom. The van der Waals surface area contributed by atoms with Gasteiger partial charge in [-0.3, -0.25) is 9.59 Å². The number of nitrogens with one attached hydrogen (secondary N) is 2. The number of amides is 2. The van der Waals surface area contributed by atoms with Crippen LogP contribution in [0, 0.1) is 0 Å². The Labute approximate surface area is 197 Å². The van der Waals surface area contributed by atoms with E-state index in [2.05, 4.69) is 28.8 Å². The Kier molecular flexibility index (Phi) is 5.79. The van der Waals surface area contributed by atoms with Crippen molar-refractivity contribution in [2.24, 2.45) is 0 Å². The Bertz CT molecular complexity index is 1370. The van der Waals surface area contributed by atoms with Crippen molar-refractivity contribution in [2.45, 2.75) is 12.8 Å². The van der Waals surface area contributed by atoms with Crippen LogP contribution in [0.4, 0.5) is 5.69 Å². The van der Waals surface area contributed by atoms with Crippen molar-refractivity contribution in [3.05, 3.63) is 113 Å². The van der Waals surface area contributed by atoms with Gasteiger partial charge in [-0.2, -0.15) is 5.10 Å². The third-order valence-electron chi connectivity index (χ3n) is 5.92. The molecule has 168 valence electrons. The van der Waals surface area contributed by atoms with Crippen LogP contribution in [0.25, 0.3) is 17.3 Å². The average molecular weight is 449 g/mol. The summed E-state index contributed by atoms with van der Waals surface area (Å²) in [5, 5.41) is 10.3. The first-order valence-electron chi connectivity index (χ1n) is 11.2. The molecule has 0 saturated carbocycles. The molecular formula is C28H24N4O2. The van der Waals surface area contributed by atoms with E-state index in [1.54, 1.807) is 31.3 Å². The van der Waals surface area contributed by atoms with Gasteiger partial charge in [-0.15, -0.1) is 0 Å². The Balaban J connectivity index is 1.52. The molecule has 0 unspecified atom stereocenters. The van der Waals surface area contributed by atoms with Crippen molar-refractivity contribution in [1.29, 1.82) is 0 Å². The summed E-state index contributed by atoms with van der Waals surface area (Å²) >= 11 is 0. The van der Waals surface area contributed by atoms with Gasteiger partial charge in [-0.25, -0.2) is 4.68 Å². The van der Waals surface area contributed by atoms with E-state index in [0.717, 1.165) is 40.9 Å². The standard InChI is InChI=1S/C28H24N4O2/c1-29-27(33)20-12-15-22(16-13-20)30-28(34)25-24-17-14-21(18-19-8-4-2-5-9-19)26(24)32(31-25)23-10-6-3-7-11-23/h2-13,15-16,18H,14,17H2,1H3,(H,29,33)(H,30,34)/b21-18-. The summed E-state index contributed by atoms with van der Waals surface area (Å²) in [6.07, 6.45) is 3.77. The van der Waals surface area contributed by atoms with Crippen molar-refractivity contribution in [3.63, 3.8) is 0 Å². The maximum Gasteiger partial charge on any atom is 0.276 e. The molecule has 0 aliphatic heterocycles. The summed E-state index contributed by atoms with van der Waals surface area (Å²) in [6.45, 7) is 0. The molecule has 2 N–H and O–H groups in total. The summed E-state index contributed by atoms with van der Waals surface area (Å²) in [5.41, 5.74) is 6.68. The Morgan fingerprint density at radius 3 is 2.21 bits per heavy atom. The lowest BCUT2D eigenvalue weighted by Gasteiger charge is -2.08. The number of fused-ring (bicyclic) bond motifs is 1. The van der Waals surface area contributed by atoms with E-state index in [-0.39, 0.29) is 11.8 Å². The van der Waals surface area contributed by atoms with Crippen LogP contribution in [0.15, 0.2) is 84.9 Å². The molecule has 0 spiro atoms. The summed E-state index contributed by atoms with van der Waals surface area (Å²) in [4.78, 5) is 25.1. The average Bonchev–Trinajstić information content (AvgIpc) is 3.46. The second-order valence-electron chi connectivity index (χ2n) is 8.11. The molecule has 1 aliphatic rings. The largest absolute Gasteiger partial charge is 0.355 e. The van der Waals surface area contributed by atoms with E-state index in [1.165, 1.54) is 0 Å². The monoisotopic (exact) mass is 448 g/mol. The van der Waals surface area contributed by atoms with Gasteiger partial charge in [0.15, 0.2) is 5.69 Å². The molecule has 0 saturated heterocycles. The van der Waals surface area contributed by atoms with E-state index in [9.17, 15) is 9.59 Å². The van der Waals surface area contributed by atoms with Crippen LogP contribution in [0.3, 0.4) is 0 Å². The molecule has 0 radical (unpaired) electrons. The molecule has 1 aliphatic carbocycles. The molecule has 1 aromatic heterocycles. The fourth-order valence-corrected chi connectivity index (χ4v) is 4.26. The highest BCUT2D eigenvalue weighted by Gasteiger charge is 2.30. The molecule has 0 atom stereocenters. The van der Waals surface area contributed by atoms with Crippen molar-refractivity contribution >= 4 is 29.2 Å². The van der Waals surface area contributed by atoms with Gasteiger partial charge in [0.2, 0.25) is 0 Å². The van der Waals surface area contributed by atoms with Gasteiger partial charge < -0.3 is 10.6 Å². The SMILES string of the molecule is CNC(=O)c1ccc(NC(=O)c2nn(-c3ccccc3)c3c2CC/C3=C/c2ccccc2)cc1. The van der Waals surface area contributed by atoms with Gasteiger partial charge in [-0.05, 0) is 66.5 Å². The fourth-order valence-electron chi connectivity index (χ4n) is 4.26. The number of para-hydroxylation sites is 1. The van der Waals surface area contributed by atoms with Crippen molar-refractivity contribution in [1.82, 2.24) is 15.1 Å². The van der Waals surface area contributed by atoms with E-state index in [4.69, 9.17) is 5.10 Å². The number of allylic oxidation sites excluding steroid dienone is 1.